The number of benzene rings is 2. The number of rotatable bonds is 8. The van der Waals surface area contributed by atoms with Gasteiger partial charge in [0.25, 0.3) is 0 Å². The van der Waals surface area contributed by atoms with Crippen molar-refractivity contribution in [2.45, 2.75) is 49.3 Å². The van der Waals surface area contributed by atoms with Gasteiger partial charge in [0.2, 0.25) is 10.0 Å². The lowest BCUT2D eigenvalue weighted by Crippen LogP contribution is -2.39. The highest BCUT2D eigenvalue weighted by molar-refractivity contribution is 7.89. The number of nitrogens with two attached hydrogens (primary N) is 2. The Morgan fingerprint density at radius 3 is 2.26 bits per heavy atom. The van der Waals surface area contributed by atoms with Crippen LogP contribution in [0.5, 0.6) is 0 Å². The van der Waals surface area contributed by atoms with Crippen LogP contribution in [0.2, 0.25) is 0 Å². The largest absolute Gasteiger partial charge is 0.330 e. The number of hydrogen-bond acceptors (Lipinski definition) is 7. The maximum absolute atomic E-state index is 13.0. The number of sulfonamides is 1. The highest BCUT2D eigenvalue weighted by Gasteiger charge is 2.27. The number of nitrogens with one attached hydrogen (secondary N) is 2. The Hall–Kier alpha value is -2.66. The fraction of sp³-hybridized carbons (Fsp3) is 0.480. The number of H-pyrrole nitrogens is 1. The summed E-state index contributed by atoms with van der Waals surface area (Å²) in [4.78, 5) is 0.108. The summed E-state index contributed by atoms with van der Waals surface area (Å²) >= 11 is 0. The Morgan fingerprint density at radius 2 is 1.69 bits per heavy atom. The van der Waals surface area contributed by atoms with Crippen molar-refractivity contribution in [2.24, 2.45) is 22.7 Å². The molecule has 0 spiro atoms. The number of aryl methyl sites for hydroxylation is 1. The van der Waals surface area contributed by atoms with Crippen LogP contribution in [0.1, 0.15) is 49.1 Å². The van der Waals surface area contributed by atoms with Crippen LogP contribution in [0.3, 0.4) is 0 Å². The summed E-state index contributed by atoms with van der Waals surface area (Å²) < 4.78 is 25.9. The zero-order valence-corrected chi connectivity index (χ0v) is 20.6. The molecule has 0 radical (unpaired) electrons. The molecule has 6 N–H and O–H groups in total. The van der Waals surface area contributed by atoms with Gasteiger partial charge in [-0.25, -0.2) is 18.7 Å². The summed E-state index contributed by atoms with van der Waals surface area (Å²) in [6.07, 6.45) is 6.09. The van der Waals surface area contributed by atoms with Gasteiger partial charge in [0.15, 0.2) is 5.82 Å². The molecule has 9 nitrogen and oxygen atoms in total. The summed E-state index contributed by atoms with van der Waals surface area (Å²) in [5.74, 6) is 1.99. The standard InChI is InChI=1S/C25H33N7O2S/c26-13-17-3-1-16(2-4-17)5-6-20-11-12-22(19-9-7-18(8-10-19)21-14-28-15-21)23(24(20)35(27,33)34)25-29-31-32-30-25/h7-12,16-17,21,28H,1-6,13-15,26H2,(H2,27,33,34)(H,29,30,31,32)/t16-,17+. The summed E-state index contributed by atoms with van der Waals surface area (Å²) in [5.41, 5.74) is 9.87. The molecule has 2 aromatic carbocycles. The van der Waals surface area contributed by atoms with Crippen LogP contribution in [0.15, 0.2) is 41.3 Å². The number of nitrogens with zero attached hydrogens (tertiary/aromatic N) is 3. The molecule has 1 aliphatic heterocycles. The second-order valence-corrected chi connectivity index (χ2v) is 11.4. The van der Waals surface area contributed by atoms with Crippen molar-refractivity contribution < 1.29 is 8.42 Å². The first kappa shape index (κ1) is 24.1. The molecule has 0 bridgehead atoms. The highest BCUT2D eigenvalue weighted by Crippen LogP contribution is 2.39. The Morgan fingerprint density at radius 1 is 0.971 bits per heavy atom. The van der Waals surface area contributed by atoms with Crippen LogP contribution < -0.4 is 16.2 Å². The zero-order valence-electron chi connectivity index (χ0n) is 19.8. The molecule has 1 saturated carbocycles. The minimum absolute atomic E-state index is 0.108. The minimum atomic E-state index is -4.04. The first-order valence-electron chi connectivity index (χ1n) is 12.4. The third-order valence-electron chi connectivity index (χ3n) is 7.70. The monoisotopic (exact) mass is 495 g/mol. The molecule has 2 aliphatic rings. The SMILES string of the molecule is NC[C@H]1CC[C@@H](CCc2ccc(-c3ccc(C4CNC4)cc3)c(-c3nnn[nH]3)c2S(N)(=O)=O)CC1. The molecule has 1 aliphatic carbocycles. The second-order valence-electron chi connectivity index (χ2n) is 9.91. The second kappa shape index (κ2) is 10.1. The molecule has 10 heteroatoms. The van der Waals surface area contributed by atoms with Crippen molar-refractivity contribution in [3.05, 3.63) is 47.5 Å². The van der Waals surface area contributed by atoms with Crippen molar-refractivity contribution in [1.82, 2.24) is 25.9 Å². The third-order valence-corrected chi connectivity index (χ3v) is 8.74. The molecule has 2 heterocycles. The molecule has 3 aromatic rings. The molecule has 186 valence electrons. The summed E-state index contributed by atoms with van der Waals surface area (Å²) in [6, 6.07) is 12.1. The Labute approximate surface area is 206 Å². The smallest absolute Gasteiger partial charge is 0.239 e. The lowest BCUT2D eigenvalue weighted by molar-refractivity contribution is 0.268. The number of hydrogen-bond donors (Lipinski definition) is 4. The Kier molecular flexibility index (Phi) is 6.97. The van der Waals surface area contributed by atoms with Crippen LogP contribution in [0, 0.1) is 11.8 Å². The van der Waals surface area contributed by atoms with Crippen molar-refractivity contribution in [2.75, 3.05) is 19.6 Å². The van der Waals surface area contributed by atoms with Gasteiger partial charge in [0.1, 0.15) is 0 Å². The van der Waals surface area contributed by atoms with Crippen LogP contribution in [-0.2, 0) is 16.4 Å². The molecule has 0 unspecified atom stereocenters. The van der Waals surface area contributed by atoms with Crippen LogP contribution in [0.25, 0.3) is 22.5 Å². The van der Waals surface area contributed by atoms with Crippen molar-refractivity contribution in [3.8, 4) is 22.5 Å². The molecule has 0 atom stereocenters. The summed E-state index contributed by atoms with van der Waals surface area (Å²) in [6.45, 7) is 2.70. The first-order valence-corrected chi connectivity index (χ1v) is 13.9. The van der Waals surface area contributed by atoms with E-state index in [1.807, 2.05) is 24.3 Å². The quantitative estimate of drug-likeness (QED) is 0.375. The molecule has 1 aromatic heterocycles. The number of tetrazole rings is 1. The van der Waals surface area contributed by atoms with Gasteiger partial charge in [-0.05, 0) is 76.7 Å². The number of primary sulfonamides is 1. The summed E-state index contributed by atoms with van der Waals surface area (Å²) in [7, 11) is -4.04. The maximum Gasteiger partial charge on any atom is 0.239 e. The van der Waals surface area contributed by atoms with Gasteiger partial charge in [0, 0.05) is 24.6 Å². The fourth-order valence-corrected chi connectivity index (χ4v) is 6.49. The zero-order chi connectivity index (χ0) is 24.4. The normalized spacial score (nSPS) is 21.1. The maximum atomic E-state index is 13.0. The molecular weight excluding hydrogens is 462 g/mol. The summed E-state index contributed by atoms with van der Waals surface area (Å²) in [5, 5.41) is 23.3. The van der Waals surface area contributed by atoms with E-state index in [9.17, 15) is 8.42 Å². The molecular formula is C25H33N7O2S. The Bertz CT molecular complexity index is 1250. The van der Waals surface area contributed by atoms with Gasteiger partial charge in [-0.3, -0.25) is 0 Å². The van der Waals surface area contributed by atoms with Crippen LogP contribution in [-0.4, -0.2) is 48.7 Å². The van der Waals surface area contributed by atoms with E-state index in [1.54, 1.807) is 0 Å². The molecule has 0 amide bonds. The van der Waals surface area contributed by atoms with E-state index >= 15 is 0 Å². The first-order chi connectivity index (χ1) is 16.9. The van der Waals surface area contributed by atoms with Gasteiger partial charge < -0.3 is 11.1 Å². The van der Waals surface area contributed by atoms with Gasteiger partial charge >= 0.3 is 0 Å². The lowest BCUT2D eigenvalue weighted by atomic mass is 9.79. The molecule has 5 rings (SSSR count). The van der Waals surface area contributed by atoms with Crippen molar-refractivity contribution in [1.29, 1.82) is 0 Å². The van der Waals surface area contributed by atoms with E-state index in [4.69, 9.17) is 10.9 Å². The molecule has 35 heavy (non-hydrogen) atoms. The van der Waals surface area contributed by atoms with E-state index < -0.39 is 10.0 Å². The van der Waals surface area contributed by atoms with E-state index in [0.717, 1.165) is 62.9 Å². The van der Waals surface area contributed by atoms with Gasteiger partial charge in [-0.2, -0.15) is 0 Å². The Balaban J connectivity index is 1.51. The average molecular weight is 496 g/mol. The van der Waals surface area contributed by atoms with E-state index in [2.05, 4.69) is 38.1 Å². The van der Waals surface area contributed by atoms with E-state index in [1.165, 1.54) is 5.56 Å². The average Bonchev–Trinajstić information content (AvgIpc) is 3.36. The van der Waals surface area contributed by atoms with E-state index in [0.29, 0.717) is 41.1 Å². The third kappa shape index (κ3) is 5.16. The van der Waals surface area contributed by atoms with Gasteiger partial charge in [-0.15, -0.1) is 5.10 Å². The predicted octanol–water partition coefficient (Wildman–Crippen LogP) is 2.57. The fourth-order valence-electron chi connectivity index (χ4n) is 5.46. The van der Waals surface area contributed by atoms with Crippen LogP contribution in [0.4, 0.5) is 0 Å². The van der Waals surface area contributed by atoms with Crippen molar-refractivity contribution >= 4 is 10.0 Å². The van der Waals surface area contributed by atoms with Gasteiger partial charge in [-0.1, -0.05) is 49.2 Å². The van der Waals surface area contributed by atoms with Gasteiger partial charge in [0.05, 0.1) is 4.90 Å². The van der Waals surface area contributed by atoms with Crippen molar-refractivity contribution in [3.63, 3.8) is 0 Å². The minimum Gasteiger partial charge on any atom is -0.330 e. The lowest BCUT2D eigenvalue weighted by Gasteiger charge is -2.28. The van der Waals surface area contributed by atoms with E-state index in [-0.39, 0.29) is 4.90 Å². The molecule has 1 saturated heterocycles. The topological polar surface area (TPSA) is 153 Å². The molecule has 2 fully saturated rings. The number of aromatic nitrogens is 4. The number of aromatic amines is 1. The van der Waals surface area contributed by atoms with Crippen LogP contribution >= 0.6 is 0 Å². The predicted molar refractivity (Wildman–Crippen MR) is 135 cm³/mol. The highest BCUT2D eigenvalue weighted by atomic mass is 32.2.